The van der Waals surface area contributed by atoms with Crippen LogP contribution in [0.3, 0.4) is 0 Å². The Kier molecular flexibility index (Phi) is 12.0. The minimum Gasteiger partial charge on any atom is -0.456 e. The van der Waals surface area contributed by atoms with Crippen LogP contribution in [0.4, 0.5) is 0 Å². The molecule has 0 aliphatic rings. The third-order valence-electron chi connectivity index (χ3n) is 21.0. The summed E-state index contributed by atoms with van der Waals surface area (Å²) in [5.74, 6) is 0.603. The molecule has 0 spiro atoms. The summed E-state index contributed by atoms with van der Waals surface area (Å²) in [5, 5.41) is 13.7. The molecule has 8 nitrogen and oxygen atoms in total. The Labute approximate surface area is 582 Å². The number of hydrogen-bond donors (Lipinski definition) is 0. The van der Waals surface area contributed by atoms with Crippen LogP contribution in [0.25, 0.3) is 216 Å². The fourth-order valence-electron chi connectivity index (χ4n) is 16.3. The van der Waals surface area contributed by atoms with Gasteiger partial charge in [0.1, 0.15) is 33.5 Å². The number of rotatable bonds is 9. The topological polar surface area (TPSA) is 80.0 Å². The van der Waals surface area contributed by atoms with Crippen LogP contribution >= 0.6 is 0 Å². The zero-order valence-corrected chi connectivity index (χ0v) is 54.7. The smallest absolute Gasteiger partial charge is 0.160 e. The second-order valence-electron chi connectivity index (χ2n) is 26.8. The van der Waals surface area contributed by atoms with Crippen molar-refractivity contribution in [2.45, 2.75) is 0 Å². The van der Waals surface area contributed by atoms with Crippen LogP contribution in [-0.4, -0.2) is 23.7 Å². The summed E-state index contributed by atoms with van der Waals surface area (Å²) >= 11 is 0. The maximum absolute atomic E-state index is 6.43. The van der Waals surface area contributed by atoms with Crippen molar-refractivity contribution < 1.29 is 13.3 Å². The summed E-state index contributed by atoms with van der Waals surface area (Å²) in [6, 6.07) is 120. The second-order valence-corrected chi connectivity index (χ2v) is 26.8. The van der Waals surface area contributed by atoms with E-state index in [0.717, 1.165) is 183 Å². The Balaban J connectivity index is 0.708. The molecule has 0 fully saturated rings. The monoisotopic (exact) mass is 1300 g/mol. The Bertz CT molecular complexity index is 6590. The molecule has 15 aromatic carbocycles. The summed E-state index contributed by atoms with van der Waals surface area (Å²) in [5.41, 5.74) is 25.8. The van der Waals surface area contributed by atoms with Crippen molar-refractivity contribution in [3.05, 3.63) is 334 Å². The highest BCUT2D eigenvalue weighted by Crippen LogP contribution is 2.43. The Hall–Kier alpha value is -13.8. The number of furan rings is 3. The van der Waals surface area contributed by atoms with Gasteiger partial charge in [-0.25, -0.2) is 9.97 Å². The lowest BCUT2D eigenvalue weighted by Gasteiger charge is -2.14. The Morgan fingerprint density at radius 3 is 0.814 bits per heavy atom. The number of aromatic nitrogens is 5. The molecular weight excluding hydrogens is 1250 g/mol. The van der Waals surface area contributed by atoms with Gasteiger partial charge < -0.3 is 27.0 Å². The third-order valence-corrected chi connectivity index (χ3v) is 21.0. The lowest BCUT2D eigenvalue weighted by molar-refractivity contribution is 0.668. The predicted octanol–water partition coefficient (Wildman–Crippen LogP) is 25.5. The van der Waals surface area contributed by atoms with Crippen molar-refractivity contribution in [2.75, 3.05) is 0 Å². The molecular formula is C94H55N5O3. The van der Waals surface area contributed by atoms with Gasteiger partial charge in [-0.1, -0.05) is 200 Å². The average Bonchev–Trinajstić information content (AvgIpc) is 1.60. The summed E-state index contributed by atoms with van der Waals surface area (Å²) in [6.07, 6.45) is 0. The van der Waals surface area contributed by atoms with Gasteiger partial charge in [-0.15, -0.1) is 0 Å². The van der Waals surface area contributed by atoms with Gasteiger partial charge in [0.15, 0.2) is 5.82 Å². The number of nitrogens with zero attached hydrogens (tertiary/aromatic N) is 5. The van der Waals surface area contributed by atoms with E-state index in [1.165, 1.54) is 26.9 Å². The first-order valence-corrected chi connectivity index (χ1v) is 34.6. The maximum Gasteiger partial charge on any atom is 0.160 e. The Morgan fingerprint density at radius 2 is 0.451 bits per heavy atom. The molecule has 0 unspecified atom stereocenters. The first kappa shape index (κ1) is 56.2. The normalized spacial score (nSPS) is 12.1. The average molecular weight is 1300 g/mol. The highest BCUT2D eigenvalue weighted by atomic mass is 16.3. The van der Waals surface area contributed by atoms with Crippen LogP contribution in [0.5, 0.6) is 0 Å². The molecule has 0 amide bonds. The van der Waals surface area contributed by atoms with E-state index in [0.29, 0.717) is 5.82 Å². The van der Waals surface area contributed by atoms with Crippen LogP contribution in [0.2, 0.25) is 0 Å². The van der Waals surface area contributed by atoms with Crippen LogP contribution in [-0.2, 0) is 0 Å². The lowest BCUT2D eigenvalue weighted by Crippen LogP contribution is -2.00. The fourth-order valence-corrected chi connectivity index (χ4v) is 16.3. The van der Waals surface area contributed by atoms with Gasteiger partial charge in [-0.2, -0.15) is 0 Å². The molecule has 102 heavy (non-hydrogen) atoms. The SMILES string of the molecule is c1cc(-c2cc(-c3cccc(-n4c5ccccc5c5ccc(-c6ccc7c(c6)oc6ccccc67)cc54)c3)nc(-c3cccc(-n4c5ccccc5c5ccc(-c6ccc7c(c6)oc6ccccc67)cc54)c3)n2)cc(-n2c3ccccc3c3ccc(-c4ccc5c(c4)oc4ccccc45)cc32)c1. The molecule has 0 atom stereocenters. The second kappa shape index (κ2) is 21.8. The molecule has 0 N–H and O–H groups in total. The molecule has 0 saturated carbocycles. The van der Waals surface area contributed by atoms with E-state index in [1.54, 1.807) is 0 Å². The minimum absolute atomic E-state index is 0.603. The van der Waals surface area contributed by atoms with Crippen LogP contribution in [0, 0.1) is 0 Å². The Morgan fingerprint density at radius 1 is 0.176 bits per heavy atom. The largest absolute Gasteiger partial charge is 0.456 e. The summed E-state index contributed by atoms with van der Waals surface area (Å²) in [6.45, 7) is 0. The minimum atomic E-state index is 0.603. The number of fused-ring (bicyclic) bond motifs is 18. The van der Waals surface area contributed by atoms with Crippen molar-refractivity contribution in [2.24, 2.45) is 0 Å². The quantitative estimate of drug-likeness (QED) is 0.144. The predicted molar refractivity (Wildman–Crippen MR) is 419 cm³/mol. The van der Waals surface area contributed by atoms with E-state index in [9.17, 15) is 0 Å². The molecule has 474 valence electrons. The molecule has 7 heterocycles. The molecule has 0 aliphatic heterocycles. The number of benzene rings is 15. The van der Waals surface area contributed by atoms with Gasteiger partial charge in [0.05, 0.1) is 44.5 Å². The van der Waals surface area contributed by atoms with Crippen molar-refractivity contribution in [3.8, 4) is 84.3 Å². The van der Waals surface area contributed by atoms with E-state index in [4.69, 9.17) is 23.2 Å². The van der Waals surface area contributed by atoms with Crippen LogP contribution in [0.15, 0.2) is 347 Å². The van der Waals surface area contributed by atoms with E-state index in [1.807, 2.05) is 36.4 Å². The van der Waals surface area contributed by atoms with Crippen molar-refractivity contribution in [1.82, 2.24) is 23.7 Å². The molecule has 8 heteroatoms. The third kappa shape index (κ3) is 8.69. The van der Waals surface area contributed by atoms with Gasteiger partial charge in [0, 0.05) is 98.4 Å². The molecule has 0 bridgehead atoms. The van der Waals surface area contributed by atoms with Gasteiger partial charge in [0.2, 0.25) is 0 Å². The lowest BCUT2D eigenvalue weighted by atomic mass is 10.0. The zero-order chi connectivity index (χ0) is 66.7. The summed E-state index contributed by atoms with van der Waals surface area (Å²) in [7, 11) is 0. The fraction of sp³-hybridized carbons (Fsp3) is 0. The van der Waals surface area contributed by atoms with E-state index in [-0.39, 0.29) is 0 Å². The van der Waals surface area contributed by atoms with E-state index >= 15 is 0 Å². The zero-order valence-electron chi connectivity index (χ0n) is 54.7. The highest BCUT2D eigenvalue weighted by molar-refractivity contribution is 6.15. The van der Waals surface area contributed by atoms with Gasteiger partial charge >= 0.3 is 0 Å². The van der Waals surface area contributed by atoms with Crippen LogP contribution < -0.4 is 0 Å². The molecule has 0 aliphatic carbocycles. The highest BCUT2D eigenvalue weighted by Gasteiger charge is 2.22. The maximum atomic E-state index is 6.43. The number of hydrogen-bond acceptors (Lipinski definition) is 5. The summed E-state index contributed by atoms with van der Waals surface area (Å²) < 4.78 is 26.5. The van der Waals surface area contributed by atoms with Crippen LogP contribution in [0.1, 0.15) is 0 Å². The van der Waals surface area contributed by atoms with E-state index < -0.39 is 0 Å². The number of para-hydroxylation sites is 6. The van der Waals surface area contributed by atoms with Gasteiger partial charge in [-0.05, 0) is 167 Å². The molecule has 22 aromatic rings. The van der Waals surface area contributed by atoms with Crippen molar-refractivity contribution in [1.29, 1.82) is 0 Å². The van der Waals surface area contributed by atoms with Crippen molar-refractivity contribution >= 4 is 131 Å². The summed E-state index contributed by atoms with van der Waals surface area (Å²) in [4.78, 5) is 11.3. The molecule has 7 aromatic heterocycles. The van der Waals surface area contributed by atoms with Crippen molar-refractivity contribution in [3.63, 3.8) is 0 Å². The molecule has 0 radical (unpaired) electrons. The van der Waals surface area contributed by atoms with Gasteiger partial charge in [-0.3, -0.25) is 0 Å². The molecule has 0 saturated heterocycles. The van der Waals surface area contributed by atoms with Gasteiger partial charge in [0.25, 0.3) is 0 Å². The first-order valence-electron chi connectivity index (χ1n) is 34.6. The first-order chi connectivity index (χ1) is 50.5. The standard InChI is InChI=1S/C94H55N5O3/c1-7-28-82-68(22-1)71-40-34-56(59-37-43-77-74-25-4-10-31-88(74)100-91(77)52-59)49-85(71)97(82)65-19-13-16-62(46-65)80-55-81(63-17-14-20-66(47-63)98-83-29-8-2-23-69(83)72-41-35-57(50-86(72)98)60-38-44-78-75-26-5-11-32-89(75)101-92(78)53-60)96-94(95-80)64-18-15-21-67(48-64)99-84-30-9-3-24-70(84)73-42-36-58(51-87(73)99)61-39-45-79-76-27-6-12-33-90(76)102-93(79)54-61/h1-55H. The molecule has 22 rings (SSSR count). The van der Waals surface area contributed by atoms with E-state index in [2.05, 4.69) is 311 Å².